The van der Waals surface area contributed by atoms with Crippen molar-refractivity contribution in [3.63, 3.8) is 0 Å². The van der Waals surface area contributed by atoms with E-state index in [1.54, 1.807) is 6.07 Å². The molecule has 0 aliphatic rings. The summed E-state index contributed by atoms with van der Waals surface area (Å²) in [6, 6.07) is 15.8. The quantitative estimate of drug-likeness (QED) is 0.666. The van der Waals surface area contributed by atoms with Gasteiger partial charge in [0.1, 0.15) is 0 Å². The highest BCUT2D eigenvalue weighted by Crippen LogP contribution is 2.23. The Balaban J connectivity index is 1.59. The minimum atomic E-state index is 0.0661. The zero-order valence-corrected chi connectivity index (χ0v) is 15.1. The van der Waals surface area contributed by atoms with Gasteiger partial charge < -0.3 is 5.32 Å². The molecule has 0 aliphatic carbocycles. The molecule has 2 aromatic carbocycles. The Morgan fingerprint density at radius 2 is 1.78 bits per heavy atom. The van der Waals surface area contributed by atoms with Gasteiger partial charge in [-0.25, -0.2) is 0 Å². The number of hydrogen-bond donors (Lipinski definition) is 1. The molecule has 1 amide bonds. The van der Waals surface area contributed by atoms with Gasteiger partial charge in [-0.1, -0.05) is 59.6 Å². The van der Waals surface area contributed by atoms with Gasteiger partial charge in [-0.2, -0.15) is 11.8 Å². The van der Waals surface area contributed by atoms with E-state index >= 15 is 0 Å². The molecule has 2 rings (SSSR count). The number of carbonyl (C=O) groups is 1. The minimum Gasteiger partial charge on any atom is -0.355 e. The van der Waals surface area contributed by atoms with Gasteiger partial charge in [-0.3, -0.25) is 4.79 Å². The summed E-state index contributed by atoms with van der Waals surface area (Å²) in [5, 5.41) is 4.01. The van der Waals surface area contributed by atoms with Crippen molar-refractivity contribution >= 4 is 40.9 Å². The molecular formula is C18H19Cl2NOS. The van der Waals surface area contributed by atoms with Crippen LogP contribution in [0, 0.1) is 0 Å². The molecule has 1 N–H and O–H groups in total. The number of carbonyl (C=O) groups excluding carboxylic acids is 1. The summed E-state index contributed by atoms with van der Waals surface area (Å²) in [6.45, 7) is 0.692. The van der Waals surface area contributed by atoms with Crippen LogP contribution in [0.2, 0.25) is 10.0 Å². The molecule has 2 nitrogen and oxygen atoms in total. The molecule has 0 saturated heterocycles. The molecule has 5 heteroatoms. The predicted molar refractivity (Wildman–Crippen MR) is 100 cm³/mol. The third-order valence-electron chi connectivity index (χ3n) is 3.30. The van der Waals surface area contributed by atoms with Crippen molar-refractivity contribution in [2.75, 3.05) is 12.3 Å². The average molecular weight is 368 g/mol. The van der Waals surface area contributed by atoms with Gasteiger partial charge in [0.2, 0.25) is 5.91 Å². The van der Waals surface area contributed by atoms with E-state index in [4.69, 9.17) is 23.2 Å². The summed E-state index contributed by atoms with van der Waals surface area (Å²) in [5.74, 6) is 1.95. The molecule has 0 bridgehead atoms. The van der Waals surface area contributed by atoms with Gasteiger partial charge in [0.25, 0.3) is 0 Å². The second-order valence-electron chi connectivity index (χ2n) is 5.14. The van der Waals surface area contributed by atoms with Crippen LogP contribution in [0.3, 0.4) is 0 Å². The monoisotopic (exact) mass is 367 g/mol. The first-order valence-electron chi connectivity index (χ1n) is 7.47. The second kappa shape index (κ2) is 9.86. The molecule has 2 aromatic rings. The average Bonchev–Trinajstić information content (AvgIpc) is 2.56. The number of aryl methyl sites for hydroxylation is 1. The van der Waals surface area contributed by atoms with Crippen molar-refractivity contribution in [1.82, 2.24) is 5.32 Å². The molecule has 0 heterocycles. The Labute approximate surface area is 151 Å². The summed E-state index contributed by atoms with van der Waals surface area (Å²) >= 11 is 13.7. The summed E-state index contributed by atoms with van der Waals surface area (Å²) in [4.78, 5) is 11.8. The van der Waals surface area contributed by atoms with Crippen molar-refractivity contribution < 1.29 is 4.79 Å². The Bertz CT molecular complexity index is 634. The highest BCUT2D eigenvalue weighted by molar-refractivity contribution is 7.98. The van der Waals surface area contributed by atoms with E-state index in [-0.39, 0.29) is 5.91 Å². The van der Waals surface area contributed by atoms with E-state index < -0.39 is 0 Å². The number of rotatable bonds is 8. The maximum atomic E-state index is 11.8. The van der Waals surface area contributed by atoms with Crippen LogP contribution in [0.1, 0.15) is 17.5 Å². The maximum Gasteiger partial charge on any atom is 0.220 e. The number of nitrogens with one attached hydrogen (secondary N) is 1. The van der Waals surface area contributed by atoms with E-state index in [0.29, 0.717) is 29.4 Å². The van der Waals surface area contributed by atoms with E-state index in [2.05, 4.69) is 17.4 Å². The fourth-order valence-corrected chi connectivity index (χ4v) is 3.21. The predicted octanol–water partition coefficient (Wildman–Crippen LogP) is 4.98. The third kappa shape index (κ3) is 6.86. The molecule has 122 valence electrons. The lowest BCUT2D eigenvalue weighted by Crippen LogP contribution is -2.25. The Morgan fingerprint density at radius 1 is 1.00 bits per heavy atom. The van der Waals surface area contributed by atoms with Crippen LogP contribution in [0.4, 0.5) is 0 Å². The first-order valence-corrected chi connectivity index (χ1v) is 9.38. The number of amides is 1. The summed E-state index contributed by atoms with van der Waals surface area (Å²) < 4.78 is 0. The SMILES string of the molecule is O=C(CCc1ccc(Cl)c(Cl)c1)NCCSCc1ccccc1. The second-order valence-corrected chi connectivity index (χ2v) is 7.06. The van der Waals surface area contributed by atoms with Crippen molar-refractivity contribution in [3.05, 3.63) is 69.7 Å². The van der Waals surface area contributed by atoms with Crippen molar-refractivity contribution in [3.8, 4) is 0 Å². The zero-order valence-electron chi connectivity index (χ0n) is 12.7. The summed E-state index contributed by atoms with van der Waals surface area (Å²) in [7, 11) is 0. The van der Waals surface area contributed by atoms with Crippen molar-refractivity contribution in [1.29, 1.82) is 0 Å². The lowest BCUT2D eigenvalue weighted by molar-refractivity contribution is -0.120. The van der Waals surface area contributed by atoms with Crippen LogP contribution in [0.15, 0.2) is 48.5 Å². The Kier molecular flexibility index (Phi) is 7.80. The van der Waals surface area contributed by atoms with Crippen LogP contribution >= 0.6 is 35.0 Å². The molecular weight excluding hydrogens is 349 g/mol. The summed E-state index contributed by atoms with van der Waals surface area (Å²) in [5.41, 5.74) is 2.33. The molecule has 0 spiro atoms. The van der Waals surface area contributed by atoms with Gasteiger partial charge in [0, 0.05) is 24.5 Å². The number of hydrogen-bond acceptors (Lipinski definition) is 2. The topological polar surface area (TPSA) is 29.1 Å². The summed E-state index contributed by atoms with van der Waals surface area (Å²) in [6.07, 6.45) is 1.13. The lowest BCUT2D eigenvalue weighted by atomic mass is 10.1. The lowest BCUT2D eigenvalue weighted by Gasteiger charge is -2.06. The highest BCUT2D eigenvalue weighted by Gasteiger charge is 2.04. The van der Waals surface area contributed by atoms with Gasteiger partial charge in [0.05, 0.1) is 10.0 Å². The first-order chi connectivity index (χ1) is 11.1. The Hall–Kier alpha value is -1.16. The van der Waals surface area contributed by atoms with Crippen LogP contribution in [-0.2, 0) is 17.0 Å². The van der Waals surface area contributed by atoms with Crippen molar-refractivity contribution in [2.45, 2.75) is 18.6 Å². The normalized spacial score (nSPS) is 10.5. The molecule has 0 atom stereocenters. The molecule has 0 aliphatic heterocycles. The van der Waals surface area contributed by atoms with Gasteiger partial charge in [0.15, 0.2) is 0 Å². The van der Waals surface area contributed by atoms with Crippen LogP contribution in [-0.4, -0.2) is 18.2 Å². The first kappa shape index (κ1) is 18.2. The molecule has 0 unspecified atom stereocenters. The largest absolute Gasteiger partial charge is 0.355 e. The number of thioether (sulfide) groups is 1. The molecule has 23 heavy (non-hydrogen) atoms. The van der Waals surface area contributed by atoms with Gasteiger partial charge >= 0.3 is 0 Å². The number of halogens is 2. The Morgan fingerprint density at radius 3 is 2.52 bits per heavy atom. The van der Waals surface area contributed by atoms with E-state index in [1.807, 2.05) is 42.1 Å². The van der Waals surface area contributed by atoms with Gasteiger partial charge in [-0.15, -0.1) is 0 Å². The number of benzene rings is 2. The van der Waals surface area contributed by atoms with Crippen LogP contribution in [0.25, 0.3) is 0 Å². The maximum absolute atomic E-state index is 11.8. The highest BCUT2D eigenvalue weighted by atomic mass is 35.5. The smallest absolute Gasteiger partial charge is 0.220 e. The molecule has 0 fully saturated rings. The standard InChI is InChI=1S/C18H19Cl2NOS/c19-16-8-6-14(12-17(16)20)7-9-18(22)21-10-11-23-13-15-4-2-1-3-5-15/h1-6,8,12H,7,9-11,13H2,(H,21,22). The minimum absolute atomic E-state index is 0.0661. The van der Waals surface area contributed by atoms with Crippen molar-refractivity contribution in [2.24, 2.45) is 0 Å². The van der Waals surface area contributed by atoms with Crippen LogP contribution < -0.4 is 5.32 Å². The van der Waals surface area contributed by atoms with E-state index in [1.165, 1.54) is 5.56 Å². The molecule has 0 saturated carbocycles. The fraction of sp³-hybridized carbons (Fsp3) is 0.278. The third-order valence-corrected chi connectivity index (χ3v) is 5.07. The van der Waals surface area contributed by atoms with E-state index in [9.17, 15) is 4.79 Å². The molecule has 0 radical (unpaired) electrons. The van der Waals surface area contributed by atoms with E-state index in [0.717, 1.165) is 17.1 Å². The van der Waals surface area contributed by atoms with Crippen LogP contribution in [0.5, 0.6) is 0 Å². The fourth-order valence-electron chi connectivity index (χ4n) is 2.07. The van der Waals surface area contributed by atoms with Gasteiger partial charge in [-0.05, 0) is 29.7 Å². The zero-order chi connectivity index (χ0) is 16.5. The molecule has 0 aromatic heterocycles.